The molecular weight excluding hydrogens is 362 g/mol. The Morgan fingerprint density at radius 1 is 1.04 bits per heavy atom. The highest BCUT2D eigenvalue weighted by molar-refractivity contribution is 5.69. The topological polar surface area (TPSA) is 98.9 Å². The number of carbonyl (C=O) groups excluding carboxylic acids is 1. The number of hydrogen-bond acceptors (Lipinski definition) is 6. The quantitative estimate of drug-likeness (QED) is 0.177. The summed E-state index contributed by atoms with van der Waals surface area (Å²) >= 11 is 0. The molecule has 1 aromatic rings. The van der Waals surface area contributed by atoms with Crippen molar-refractivity contribution >= 4 is 11.7 Å². The van der Waals surface area contributed by atoms with E-state index in [-0.39, 0.29) is 24.0 Å². The van der Waals surface area contributed by atoms with Gasteiger partial charge in [-0.25, -0.2) is 0 Å². The lowest BCUT2D eigenvalue weighted by atomic mass is 10.1. The van der Waals surface area contributed by atoms with Crippen LogP contribution in [0.3, 0.4) is 0 Å². The fourth-order valence-electron chi connectivity index (χ4n) is 2.93. The van der Waals surface area contributed by atoms with E-state index in [0.29, 0.717) is 25.2 Å². The number of aromatic hydroxyl groups is 1. The molecule has 0 heterocycles. The Morgan fingerprint density at radius 3 is 2.25 bits per heavy atom. The third-order valence-corrected chi connectivity index (χ3v) is 4.51. The van der Waals surface area contributed by atoms with Gasteiger partial charge >= 0.3 is 5.97 Å². The lowest BCUT2D eigenvalue weighted by Crippen LogP contribution is -2.03. The minimum absolute atomic E-state index is 0.0212. The van der Waals surface area contributed by atoms with E-state index in [0.717, 1.165) is 38.5 Å². The predicted molar refractivity (Wildman–Crippen MR) is 107 cm³/mol. The first-order chi connectivity index (χ1) is 13.5. The van der Waals surface area contributed by atoms with Gasteiger partial charge in [0.05, 0.1) is 18.1 Å². The zero-order valence-electron chi connectivity index (χ0n) is 16.9. The molecule has 1 N–H and O–H groups in total. The molecular formula is C21H33NO6. The minimum Gasteiger partial charge on any atom is -0.508 e. The van der Waals surface area contributed by atoms with Gasteiger partial charge in [-0.2, -0.15) is 0 Å². The van der Waals surface area contributed by atoms with Gasteiger partial charge in [-0.05, 0) is 25.8 Å². The number of phenolic OH excluding ortho intramolecular Hbond substituents is 1. The molecule has 0 unspecified atom stereocenters. The third-order valence-electron chi connectivity index (χ3n) is 4.51. The highest BCUT2D eigenvalue weighted by atomic mass is 16.6. The molecule has 0 saturated carbocycles. The number of benzene rings is 1. The zero-order valence-corrected chi connectivity index (χ0v) is 16.9. The number of carbonyl (C=O) groups is 1. The number of nitro benzene ring substituents is 1. The predicted octanol–water partition coefficient (Wildman–Crippen LogP) is 5.28. The van der Waals surface area contributed by atoms with Gasteiger partial charge in [0.15, 0.2) is 0 Å². The molecule has 28 heavy (non-hydrogen) atoms. The van der Waals surface area contributed by atoms with Crippen molar-refractivity contribution in [3.05, 3.63) is 33.9 Å². The fourth-order valence-corrected chi connectivity index (χ4v) is 2.93. The van der Waals surface area contributed by atoms with Crippen LogP contribution in [0.1, 0.15) is 76.7 Å². The van der Waals surface area contributed by atoms with Crippen LogP contribution in [-0.2, 0) is 20.9 Å². The number of non-ortho nitro benzene ring substituents is 1. The van der Waals surface area contributed by atoms with Gasteiger partial charge < -0.3 is 14.6 Å². The first-order valence-electron chi connectivity index (χ1n) is 10.2. The van der Waals surface area contributed by atoms with E-state index in [1.165, 1.54) is 37.5 Å². The number of nitro groups is 1. The van der Waals surface area contributed by atoms with Gasteiger partial charge in [-0.1, -0.05) is 44.9 Å². The highest BCUT2D eigenvalue weighted by Crippen LogP contribution is 2.23. The van der Waals surface area contributed by atoms with Crippen LogP contribution in [0.5, 0.6) is 5.75 Å². The number of phenols is 1. The molecule has 1 rings (SSSR count). The molecule has 7 heteroatoms. The normalized spacial score (nSPS) is 10.8. The number of nitrogens with zero attached hydrogens (tertiary/aromatic N) is 1. The second-order valence-corrected chi connectivity index (χ2v) is 6.86. The maximum atomic E-state index is 11.2. The average Bonchev–Trinajstić information content (AvgIpc) is 2.66. The van der Waals surface area contributed by atoms with Crippen molar-refractivity contribution in [2.24, 2.45) is 0 Å². The summed E-state index contributed by atoms with van der Waals surface area (Å²) in [4.78, 5) is 21.5. The Labute approximate surface area is 167 Å². The fraction of sp³-hybridized carbons (Fsp3) is 0.667. The molecule has 1 aromatic carbocycles. The van der Waals surface area contributed by atoms with Crippen LogP contribution in [0.15, 0.2) is 18.2 Å². The van der Waals surface area contributed by atoms with E-state index in [2.05, 4.69) is 0 Å². The van der Waals surface area contributed by atoms with Crippen LogP contribution in [0.2, 0.25) is 0 Å². The second-order valence-electron chi connectivity index (χ2n) is 6.86. The summed E-state index contributed by atoms with van der Waals surface area (Å²) in [5.41, 5.74) is 0.398. The first kappa shape index (κ1) is 23.9. The minimum atomic E-state index is -0.483. The first-order valence-corrected chi connectivity index (χ1v) is 10.2. The molecule has 0 bridgehead atoms. The third kappa shape index (κ3) is 10.9. The van der Waals surface area contributed by atoms with Crippen molar-refractivity contribution in [3.63, 3.8) is 0 Å². The molecule has 0 aliphatic rings. The molecule has 158 valence electrons. The monoisotopic (exact) mass is 395 g/mol. The van der Waals surface area contributed by atoms with Gasteiger partial charge in [0.2, 0.25) is 0 Å². The maximum absolute atomic E-state index is 11.2. The van der Waals surface area contributed by atoms with Gasteiger partial charge in [0, 0.05) is 30.7 Å². The van der Waals surface area contributed by atoms with Crippen molar-refractivity contribution in [2.75, 3.05) is 13.2 Å². The summed E-state index contributed by atoms with van der Waals surface area (Å²) in [6, 6.07) is 3.95. The Hall–Kier alpha value is -2.15. The van der Waals surface area contributed by atoms with Gasteiger partial charge in [-0.15, -0.1) is 0 Å². The van der Waals surface area contributed by atoms with Gasteiger partial charge in [0.25, 0.3) is 5.69 Å². The molecule has 0 atom stereocenters. The molecule has 0 aromatic heterocycles. The van der Waals surface area contributed by atoms with Crippen molar-refractivity contribution in [1.29, 1.82) is 0 Å². The molecule has 7 nitrogen and oxygen atoms in total. The van der Waals surface area contributed by atoms with Gasteiger partial charge in [-0.3, -0.25) is 14.9 Å². The molecule has 0 aliphatic carbocycles. The van der Waals surface area contributed by atoms with Crippen LogP contribution in [0.4, 0.5) is 5.69 Å². The van der Waals surface area contributed by atoms with E-state index in [4.69, 9.17) is 9.47 Å². The largest absolute Gasteiger partial charge is 0.508 e. The van der Waals surface area contributed by atoms with Crippen LogP contribution in [-0.4, -0.2) is 29.2 Å². The highest BCUT2D eigenvalue weighted by Gasteiger charge is 2.10. The molecule has 0 amide bonds. The Morgan fingerprint density at radius 2 is 1.64 bits per heavy atom. The van der Waals surface area contributed by atoms with E-state index < -0.39 is 4.92 Å². The average molecular weight is 395 g/mol. The van der Waals surface area contributed by atoms with Crippen LogP contribution in [0.25, 0.3) is 0 Å². The van der Waals surface area contributed by atoms with E-state index in [1.807, 2.05) is 6.92 Å². The van der Waals surface area contributed by atoms with Crippen molar-refractivity contribution < 1.29 is 24.3 Å². The molecule has 0 fully saturated rings. The molecule has 0 aliphatic heterocycles. The lowest BCUT2D eigenvalue weighted by molar-refractivity contribution is -0.385. The standard InChI is InChI=1S/C21H33NO6/c1-2-28-21(24)12-10-8-6-4-3-5-7-9-11-15-27-17-18-16-19(22(25)26)13-14-20(18)23/h13-14,16,23H,2-12,15,17H2,1H3. The smallest absolute Gasteiger partial charge is 0.305 e. The number of ether oxygens (including phenoxy) is 2. The second kappa shape index (κ2) is 14.9. The summed E-state index contributed by atoms with van der Waals surface area (Å²) in [6.07, 6.45) is 10.5. The van der Waals surface area contributed by atoms with Crippen LogP contribution >= 0.6 is 0 Å². The molecule has 0 spiro atoms. The Kier molecular flexibility index (Phi) is 12.7. The Balaban J connectivity index is 1.94. The zero-order chi connectivity index (χ0) is 20.6. The SMILES string of the molecule is CCOC(=O)CCCCCCCCCCCOCc1cc([N+](=O)[O-])ccc1O. The summed E-state index contributed by atoms with van der Waals surface area (Å²) in [6.45, 7) is 3.04. The summed E-state index contributed by atoms with van der Waals surface area (Å²) in [5.74, 6) is -0.0710. The summed E-state index contributed by atoms with van der Waals surface area (Å²) in [5, 5.41) is 20.5. The summed E-state index contributed by atoms with van der Waals surface area (Å²) < 4.78 is 10.4. The number of unbranched alkanes of at least 4 members (excludes halogenated alkanes) is 8. The molecule has 0 saturated heterocycles. The van der Waals surface area contributed by atoms with E-state index in [1.54, 1.807) is 0 Å². The van der Waals surface area contributed by atoms with Gasteiger partial charge in [0.1, 0.15) is 5.75 Å². The summed E-state index contributed by atoms with van der Waals surface area (Å²) in [7, 11) is 0. The van der Waals surface area contributed by atoms with Crippen molar-refractivity contribution in [2.45, 2.75) is 77.7 Å². The number of esters is 1. The van der Waals surface area contributed by atoms with Crippen LogP contribution in [0, 0.1) is 10.1 Å². The molecule has 0 radical (unpaired) electrons. The number of rotatable bonds is 16. The van der Waals surface area contributed by atoms with E-state index >= 15 is 0 Å². The van der Waals surface area contributed by atoms with E-state index in [9.17, 15) is 20.0 Å². The number of hydrogen-bond donors (Lipinski definition) is 1. The van der Waals surface area contributed by atoms with Crippen molar-refractivity contribution in [3.8, 4) is 5.75 Å². The lowest BCUT2D eigenvalue weighted by Gasteiger charge is -2.06. The van der Waals surface area contributed by atoms with Crippen molar-refractivity contribution in [1.82, 2.24) is 0 Å². The van der Waals surface area contributed by atoms with Crippen LogP contribution < -0.4 is 0 Å². The maximum Gasteiger partial charge on any atom is 0.305 e. The Bertz CT molecular complexity index is 590.